The normalized spacial score (nSPS) is 11.5. The molecule has 0 aliphatic rings. The van der Waals surface area contributed by atoms with Crippen LogP contribution in [0.5, 0.6) is 0 Å². The van der Waals surface area contributed by atoms with Crippen molar-refractivity contribution in [2.75, 3.05) is 0 Å². The lowest BCUT2D eigenvalue weighted by Crippen LogP contribution is -1.97. The van der Waals surface area contributed by atoms with Crippen LogP contribution in [-0.4, -0.2) is 15.0 Å². The molecule has 0 fully saturated rings. The lowest BCUT2D eigenvalue weighted by atomic mass is 10.00. The Labute approximate surface area is 176 Å². The molecule has 6 rings (SSSR count). The Hall–Kier alpha value is -3.76. The van der Waals surface area contributed by atoms with Gasteiger partial charge in [0, 0.05) is 27.3 Å². The van der Waals surface area contributed by atoms with Crippen molar-refractivity contribution in [2.45, 2.75) is 0 Å². The maximum Gasteiger partial charge on any atom is 0.226 e. The van der Waals surface area contributed by atoms with Gasteiger partial charge in [0.1, 0.15) is 11.2 Å². The van der Waals surface area contributed by atoms with Gasteiger partial charge in [0.25, 0.3) is 0 Å². The number of rotatable bonds is 2. The monoisotopic (exact) mass is 407 g/mol. The second-order valence-corrected chi connectivity index (χ2v) is 7.40. The van der Waals surface area contributed by atoms with Crippen LogP contribution in [0.15, 0.2) is 89.3 Å². The highest BCUT2D eigenvalue weighted by atomic mass is 35.5. The summed E-state index contributed by atoms with van der Waals surface area (Å²) in [4.78, 5) is 13.6. The molecule has 0 aliphatic carbocycles. The maximum atomic E-state index is 6.33. The molecule has 142 valence electrons. The van der Waals surface area contributed by atoms with E-state index in [1.165, 1.54) is 0 Å². The van der Waals surface area contributed by atoms with Crippen LogP contribution in [-0.2, 0) is 0 Å². The molecule has 2 heterocycles. The first-order valence-electron chi connectivity index (χ1n) is 9.58. The van der Waals surface area contributed by atoms with Gasteiger partial charge in [0.15, 0.2) is 11.6 Å². The Morgan fingerprint density at radius 1 is 0.667 bits per heavy atom. The first kappa shape index (κ1) is 17.1. The molecule has 4 nitrogen and oxygen atoms in total. The zero-order valence-electron chi connectivity index (χ0n) is 15.7. The van der Waals surface area contributed by atoms with E-state index in [1.54, 1.807) is 0 Å². The number of fused-ring (bicyclic) bond motifs is 5. The summed E-state index contributed by atoms with van der Waals surface area (Å²) in [7, 11) is 0. The Balaban J connectivity index is 1.73. The molecule has 0 atom stereocenters. The molecule has 0 spiro atoms. The molecule has 0 aliphatic heterocycles. The summed E-state index contributed by atoms with van der Waals surface area (Å²) in [5.74, 6) is 1.07. The average Bonchev–Trinajstić information content (AvgIpc) is 3.19. The largest absolute Gasteiger partial charge is 0.455 e. The predicted molar refractivity (Wildman–Crippen MR) is 120 cm³/mol. The van der Waals surface area contributed by atoms with Crippen LogP contribution in [0.3, 0.4) is 0 Å². The number of furan rings is 1. The highest BCUT2D eigenvalue weighted by Gasteiger charge is 2.19. The zero-order valence-corrected chi connectivity index (χ0v) is 16.5. The third-order valence-electron chi connectivity index (χ3n) is 5.25. The smallest absolute Gasteiger partial charge is 0.226 e. The molecule has 0 unspecified atom stereocenters. The van der Waals surface area contributed by atoms with Crippen molar-refractivity contribution in [1.82, 2.24) is 15.0 Å². The van der Waals surface area contributed by atoms with Gasteiger partial charge in [-0.1, -0.05) is 72.8 Å². The number of benzene rings is 4. The van der Waals surface area contributed by atoms with Crippen molar-refractivity contribution >= 4 is 44.3 Å². The first-order valence-corrected chi connectivity index (χ1v) is 9.96. The van der Waals surface area contributed by atoms with E-state index in [0.717, 1.165) is 43.8 Å². The van der Waals surface area contributed by atoms with Crippen LogP contribution in [0.2, 0.25) is 5.28 Å². The highest BCUT2D eigenvalue weighted by molar-refractivity contribution is 6.28. The molecule has 0 saturated heterocycles. The van der Waals surface area contributed by atoms with E-state index in [1.807, 2.05) is 60.7 Å². The quantitative estimate of drug-likeness (QED) is 0.313. The van der Waals surface area contributed by atoms with Gasteiger partial charge in [-0.15, -0.1) is 0 Å². The summed E-state index contributed by atoms with van der Waals surface area (Å²) in [6.45, 7) is 0. The number of para-hydroxylation sites is 1. The van der Waals surface area contributed by atoms with Gasteiger partial charge >= 0.3 is 0 Å². The van der Waals surface area contributed by atoms with Gasteiger partial charge in [-0.05, 0) is 29.1 Å². The van der Waals surface area contributed by atoms with Crippen molar-refractivity contribution in [3.63, 3.8) is 0 Å². The van der Waals surface area contributed by atoms with E-state index in [4.69, 9.17) is 21.0 Å². The zero-order chi connectivity index (χ0) is 20.1. The lowest BCUT2D eigenvalue weighted by molar-refractivity contribution is 0.672. The number of halogens is 1. The predicted octanol–water partition coefficient (Wildman–Crippen LogP) is 6.91. The average molecular weight is 408 g/mol. The number of hydrogen-bond donors (Lipinski definition) is 0. The topological polar surface area (TPSA) is 51.8 Å². The Bertz CT molecular complexity index is 1560. The van der Waals surface area contributed by atoms with Gasteiger partial charge in [0.05, 0.1) is 0 Å². The fourth-order valence-electron chi connectivity index (χ4n) is 3.92. The number of hydrogen-bond acceptors (Lipinski definition) is 4. The highest BCUT2D eigenvalue weighted by Crippen LogP contribution is 2.40. The second kappa shape index (κ2) is 6.65. The van der Waals surface area contributed by atoms with Crippen molar-refractivity contribution in [3.05, 3.63) is 90.2 Å². The third kappa shape index (κ3) is 2.65. The van der Waals surface area contributed by atoms with Gasteiger partial charge in [-0.25, -0.2) is 4.98 Å². The molecule has 0 radical (unpaired) electrons. The minimum atomic E-state index is 0.160. The molecular formula is C25H14ClN3O. The SMILES string of the molecule is Clc1nc(-c2ccccc2)nc(-c2cc3ccccc3c3oc4ccccc4c23)n1. The Morgan fingerprint density at radius 2 is 1.37 bits per heavy atom. The van der Waals surface area contributed by atoms with E-state index in [-0.39, 0.29) is 5.28 Å². The van der Waals surface area contributed by atoms with E-state index in [0.29, 0.717) is 11.6 Å². The molecule has 2 aromatic heterocycles. The van der Waals surface area contributed by atoms with Gasteiger partial charge in [-0.2, -0.15) is 9.97 Å². The molecule has 5 heteroatoms. The van der Waals surface area contributed by atoms with Crippen molar-refractivity contribution in [2.24, 2.45) is 0 Å². The molecule has 0 N–H and O–H groups in total. The third-order valence-corrected chi connectivity index (χ3v) is 5.42. The summed E-state index contributed by atoms with van der Waals surface area (Å²) in [6.07, 6.45) is 0. The molecule has 0 amide bonds. The van der Waals surface area contributed by atoms with Crippen molar-refractivity contribution in [3.8, 4) is 22.8 Å². The molecule has 0 bridgehead atoms. The van der Waals surface area contributed by atoms with E-state index in [9.17, 15) is 0 Å². The van der Waals surface area contributed by atoms with Crippen LogP contribution in [0, 0.1) is 0 Å². The summed E-state index contributed by atoms with van der Waals surface area (Å²) in [5, 5.41) is 4.26. The standard InChI is InChI=1S/C25H14ClN3O/c26-25-28-23(15-8-2-1-3-9-15)27-24(29-25)19-14-16-10-4-5-11-17(16)22-21(19)18-12-6-7-13-20(18)30-22/h1-14H. The maximum absolute atomic E-state index is 6.33. The summed E-state index contributed by atoms with van der Waals surface area (Å²) in [5.41, 5.74) is 3.41. The Morgan fingerprint density at radius 3 is 2.23 bits per heavy atom. The first-order chi connectivity index (χ1) is 14.8. The van der Waals surface area contributed by atoms with Crippen molar-refractivity contribution < 1.29 is 4.42 Å². The van der Waals surface area contributed by atoms with Crippen LogP contribution in [0.25, 0.3) is 55.5 Å². The summed E-state index contributed by atoms with van der Waals surface area (Å²) >= 11 is 6.33. The number of aromatic nitrogens is 3. The van der Waals surface area contributed by atoms with E-state index in [2.05, 4.69) is 34.2 Å². The van der Waals surface area contributed by atoms with E-state index < -0.39 is 0 Å². The van der Waals surface area contributed by atoms with Gasteiger partial charge in [-0.3, -0.25) is 0 Å². The number of nitrogens with zero attached hydrogens (tertiary/aromatic N) is 3. The fraction of sp³-hybridized carbons (Fsp3) is 0. The van der Waals surface area contributed by atoms with Crippen LogP contribution < -0.4 is 0 Å². The summed E-state index contributed by atoms with van der Waals surface area (Å²) in [6, 6.07) is 28.0. The fourth-order valence-corrected chi connectivity index (χ4v) is 4.08. The molecular weight excluding hydrogens is 394 g/mol. The molecule has 30 heavy (non-hydrogen) atoms. The van der Waals surface area contributed by atoms with Gasteiger partial charge in [0.2, 0.25) is 5.28 Å². The lowest BCUT2D eigenvalue weighted by Gasteiger charge is -2.08. The minimum absolute atomic E-state index is 0.160. The summed E-state index contributed by atoms with van der Waals surface area (Å²) < 4.78 is 6.27. The molecule has 4 aromatic carbocycles. The van der Waals surface area contributed by atoms with Crippen molar-refractivity contribution in [1.29, 1.82) is 0 Å². The van der Waals surface area contributed by atoms with Crippen LogP contribution in [0.4, 0.5) is 0 Å². The van der Waals surface area contributed by atoms with Gasteiger partial charge < -0.3 is 4.42 Å². The van der Waals surface area contributed by atoms with Crippen LogP contribution >= 0.6 is 11.6 Å². The second-order valence-electron chi connectivity index (χ2n) is 7.07. The molecule has 0 saturated carbocycles. The van der Waals surface area contributed by atoms with E-state index >= 15 is 0 Å². The molecule has 6 aromatic rings. The van der Waals surface area contributed by atoms with Crippen LogP contribution in [0.1, 0.15) is 0 Å². The minimum Gasteiger partial charge on any atom is -0.455 e. The Kier molecular flexibility index (Phi) is 3.79.